The van der Waals surface area contributed by atoms with Crippen LogP contribution in [0.3, 0.4) is 0 Å². The van der Waals surface area contributed by atoms with Gasteiger partial charge >= 0.3 is 0 Å². The maximum absolute atomic E-state index is 9.54. The highest BCUT2D eigenvalue weighted by molar-refractivity contribution is 5.71. The van der Waals surface area contributed by atoms with Crippen LogP contribution in [0.25, 0.3) is 12.2 Å². The molecule has 0 fully saturated rings. The summed E-state index contributed by atoms with van der Waals surface area (Å²) in [6.45, 7) is 6.03. The van der Waals surface area contributed by atoms with Crippen molar-refractivity contribution in [2.24, 2.45) is 0 Å². The van der Waals surface area contributed by atoms with Gasteiger partial charge in [-0.1, -0.05) is 160 Å². The Bertz CT molecular complexity index is 902. The van der Waals surface area contributed by atoms with Crippen LogP contribution in [-0.2, 0) is 0 Å². The first-order valence-corrected chi connectivity index (χ1v) is 17.1. The second kappa shape index (κ2) is 24.2. The van der Waals surface area contributed by atoms with Crippen LogP contribution in [-0.4, -0.2) is 18.3 Å². The van der Waals surface area contributed by atoms with Crippen LogP contribution in [0.2, 0.25) is 0 Å². The van der Waals surface area contributed by atoms with Crippen molar-refractivity contribution in [3.05, 3.63) is 53.6 Å². The lowest BCUT2D eigenvalue weighted by atomic mass is 10.1. The van der Waals surface area contributed by atoms with E-state index in [-0.39, 0.29) is 5.75 Å². The molecule has 0 aliphatic rings. The molecule has 3 nitrogen and oxygen atoms in total. The van der Waals surface area contributed by atoms with E-state index in [1.807, 2.05) is 12.1 Å². The lowest BCUT2D eigenvalue weighted by molar-refractivity contribution is 0.258. The zero-order chi connectivity index (χ0) is 29.2. The zero-order valence-electron chi connectivity index (χ0n) is 26.5. The molecule has 2 aromatic carbocycles. The fraction of sp³-hybridized carbons (Fsp3) is 0.632. The molecule has 0 saturated carbocycles. The fourth-order valence-electron chi connectivity index (χ4n) is 5.18. The SMILES string of the molecule is CCCCCCCCCCCCOc1ccc(/C=C/c2ccc(O)cc2)cc1OCCCCCCCCCCCC. The van der Waals surface area contributed by atoms with E-state index < -0.39 is 0 Å². The van der Waals surface area contributed by atoms with Crippen molar-refractivity contribution in [1.29, 1.82) is 0 Å². The van der Waals surface area contributed by atoms with Gasteiger partial charge in [-0.2, -0.15) is 0 Å². The third kappa shape index (κ3) is 17.9. The van der Waals surface area contributed by atoms with Gasteiger partial charge in [-0.25, -0.2) is 0 Å². The summed E-state index contributed by atoms with van der Waals surface area (Å²) < 4.78 is 12.5. The molecule has 0 radical (unpaired) electrons. The van der Waals surface area contributed by atoms with Gasteiger partial charge in [-0.3, -0.25) is 0 Å². The molecular weight excluding hydrogens is 504 g/mol. The molecular formula is C38H60O3. The lowest BCUT2D eigenvalue weighted by Crippen LogP contribution is -2.03. The number of hydrogen-bond donors (Lipinski definition) is 1. The number of unbranched alkanes of at least 4 members (excludes halogenated alkanes) is 18. The van der Waals surface area contributed by atoms with Gasteiger partial charge in [0.2, 0.25) is 0 Å². The van der Waals surface area contributed by atoms with Gasteiger partial charge in [0.25, 0.3) is 0 Å². The molecule has 0 aromatic heterocycles. The average molecular weight is 565 g/mol. The van der Waals surface area contributed by atoms with Crippen LogP contribution in [0.5, 0.6) is 17.2 Å². The second-order valence-corrected chi connectivity index (χ2v) is 11.7. The molecule has 0 unspecified atom stereocenters. The molecule has 0 amide bonds. The van der Waals surface area contributed by atoms with Gasteiger partial charge in [-0.15, -0.1) is 0 Å². The molecule has 0 spiro atoms. The van der Waals surface area contributed by atoms with Crippen molar-refractivity contribution in [3.8, 4) is 17.2 Å². The fourth-order valence-corrected chi connectivity index (χ4v) is 5.18. The Hall–Kier alpha value is -2.42. The van der Waals surface area contributed by atoms with E-state index in [0.29, 0.717) is 0 Å². The summed E-state index contributed by atoms with van der Waals surface area (Å²) in [5.74, 6) is 1.99. The number of rotatable bonds is 26. The van der Waals surface area contributed by atoms with Crippen molar-refractivity contribution in [2.45, 2.75) is 142 Å². The standard InChI is InChI=1S/C38H60O3/c1-3-5-7-9-11-13-15-17-19-21-31-40-37-30-27-35(24-23-34-25-28-36(39)29-26-34)33-38(37)41-32-22-20-18-16-14-12-10-8-6-4-2/h23-30,33,39H,3-22,31-32H2,1-2H3/b24-23+. The quantitative estimate of drug-likeness (QED) is 0.0912. The maximum Gasteiger partial charge on any atom is 0.161 e. The summed E-state index contributed by atoms with van der Waals surface area (Å²) in [4.78, 5) is 0. The minimum atomic E-state index is 0.286. The van der Waals surface area contributed by atoms with Crippen LogP contribution >= 0.6 is 0 Å². The predicted molar refractivity (Wildman–Crippen MR) is 178 cm³/mol. The molecule has 0 aliphatic heterocycles. The average Bonchev–Trinajstić information content (AvgIpc) is 2.99. The first kappa shape index (κ1) is 34.8. The Kier molecular flexibility index (Phi) is 20.5. The minimum absolute atomic E-state index is 0.286. The number of phenols is 1. The summed E-state index contributed by atoms with van der Waals surface area (Å²) in [5.41, 5.74) is 2.14. The zero-order valence-corrected chi connectivity index (χ0v) is 26.5. The molecule has 0 heterocycles. The highest BCUT2D eigenvalue weighted by Gasteiger charge is 2.07. The molecule has 2 rings (SSSR count). The van der Waals surface area contributed by atoms with E-state index in [0.717, 1.165) is 48.7 Å². The van der Waals surface area contributed by atoms with Crippen LogP contribution in [0.15, 0.2) is 42.5 Å². The van der Waals surface area contributed by atoms with Crippen LogP contribution in [0.1, 0.15) is 153 Å². The van der Waals surface area contributed by atoms with Crippen LogP contribution in [0, 0.1) is 0 Å². The van der Waals surface area contributed by atoms with Crippen molar-refractivity contribution in [3.63, 3.8) is 0 Å². The Balaban J connectivity index is 1.76. The maximum atomic E-state index is 9.54. The van der Waals surface area contributed by atoms with Gasteiger partial charge in [-0.05, 0) is 48.2 Å². The van der Waals surface area contributed by atoms with Crippen molar-refractivity contribution < 1.29 is 14.6 Å². The molecule has 0 aliphatic carbocycles. The minimum Gasteiger partial charge on any atom is -0.508 e. The second-order valence-electron chi connectivity index (χ2n) is 11.7. The van der Waals surface area contributed by atoms with E-state index in [2.05, 4.69) is 44.2 Å². The first-order valence-electron chi connectivity index (χ1n) is 17.1. The molecule has 2 aromatic rings. The number of hydrogen-bond acceptors (Lipinski definition) is 3. The normalized spacial score (nSPS) is 11.4. The Labute approximate surface area is 252 Å². The van der Waals surface area contributed by atoms with E-state index in [4.69, 9.17) is 9.47 Å². The van der Waals surface area contributed by atoms with Gasteiger partial charge in [0, 0.05) is 0 Å². The van der Waals surface area contributed by atoms with Crippen molar-refractivity contribution >= 4 is 12.2 Å². The molecule has 0 saturated heterocycles. The number of aromatic hydroxyl groups is 1. The Morgan fingerprint density at radius 1 is 0.463 bits per heavy atom. The smallest absolute Gasteiger partial charge is 0.161 e. The largest absolute Gasteiger partial charge is 0.508 e. The van der Waals surface area contributed by atoms with Crippen LogP contribution in [0.4, 0.5) is 0 Å². The number of benzene rings is 2. The van der Waals surface area contributed by atoms with Gasteiger partial charge < -0.3 is 14.6 Å². The summed E-state index contributed by atoms with van der Waals surface area (Å²) in [6, 6.07) is 13.5. The number of ether oxygens (including phenoxy) is 2. The van der Waals surface area contributed by atoms with E-state index >= 15 is 0 Å². The topological polar surface area (TPSA) is 38.7 Å². The highest BCUT2D eigenvalue weighted by Crippen LogP contribution is 2.30. The molecule has 41 heavy (non-hydrogen) atoms. The third-order valence-electron chi connectivity index (χ3n) is 7.84. The lowest BCUT2D eigenvalue weighted by Gasteiger charge is -2.14. The summed E-state index contributed by atoms with van der Waals surface area (Å²) in [5, 5.41) is 9.54. The van der Waals surface area contributed by atoms with E-state index in [1.165, 1.54) is 116 Å². The molecule has 1 N–H and O–H groups in total. The van der Waals surface area contributed by atoms with Crippen molar-refractivity contribution in [2.75, 3.05) is 13.2 Å². The van der Waals surface area contributed by atoms with Gasteiger partial charge in [0.15, 0.2) is 11.5 Å². The molecule has 0 atom stereocenters. The molecule has 230 valence electrons. The monoisotopic (exact) mass is 564 g/mol. The highest BCUT2D eigenvalue weighted by atomic mass is 16.5. The third-order valence-corrected chi connectivity index (χ3v) is 7.84. The molecule has 0 bridgehead atoms. The summed E-state index contributed by atoms with van der Waals surface area (Å²) >= 11 is 0. The first-order chi connectivity index (χ1) is 20.2. The number of phenolic OH excluding ortho intramolecular Hbond substituents is 1. The van der Waals surface area contributed by atoms with E-state index in [9.17, 15) is 5.11 Å². The Morgan fingerprint density at radius 2 is 0.854 bits per heavy atom. The van der Waals surface area contributed by atoms with Gasteiger partial charge in [0.1, 0.15) is 5.75 Å². The predicted octanol–water partition coefficient (Wildman–Crippen LogP) is 12.2. The Morgan fingerprint density at radius 3 is 1.34 bits per heavy atom. The van der Waals surface area contributed by atoms with Gasteiger partial charge in [0.05, 0.1) is 13.2 Å². The van der Waals surface area contributed by atoms with E-state index in [1.54, 1.807) is 12.1 Å². The summed E-state index contributed by atoms with van der Waals surface area (Å²) in [7, 11) is 0. The summed E-state index contributed by atoms with van der Waals surface area (Å²) in [6.07, 6.45) is 30.6. The van der Waals surface area contributed by atoms with Crippen LogP contribution < -0.4 is 9.47 Å². The molecule has 3 heteroatoms. The van der Waals surface area contributed by atoms with Crippen molar-refractivity contribution in [1.82, 2.24) is 0 Å².